The standard InChI is InChI=1S/C15H15N5O6.ClH/c16-15(19-17-5-7-1-11(23)13(25)3-9(7)21)20-18-6-8-2-12(24)14(26)4-10(8)22;/h1-6,21-26H,(H3,16,19,20);1H. The minimum atomic E-state index is -0.484. The fourth-order valence-electron chi connectivity index (χ4n) is 1.71. The van der Waals surface area contributed by atoms with Gasteiger partial charge in [0.1, 0.15) is 11.5 Å². The quantitative estimate of drug-likeness (QED) is 0.121. The molecule has 0 bridgehead atoms. The molecule has 0 aromatic heterocycles. The summed E-state index contributed by atoms with van der Waals surface area (Å²) < 4.78 is 0. The predicted octanol–water partition coefficient (Wildman–Crippen LogP) is 0.614. The zero-order valence-electron chi connectivity index (χ0n) is 13.5. The highest BCUT2D eigenvalue weighted by Gasteiger charge is 2.06. The van der Waals surface area contributed by atoms with Gasteiger partial charge in [0.15, 0.2) is 23.0 Å². The van der Waals surface area contributed by atoms with Crippen LogP contribution in [-0.2, 0) is 0 Å². The van der Waals surface area contributed by atoms with Crippen molar-refractivity contribution in [2.75, 3.05) is 0 Å². The normalized spacial score (nSPS) is 11.6. The number of halogens is 1. The van der Waals surface area contributed by atoms with Crippen molar-refractivity contribution in [3.05, 3.63) is 35.4 Å². The molecule has 27 heavy (non-hydrogen) atoms. The van der Waals surface area contributed by atoms with E-state index in [4.69, 9.17) is 5.73 Å². The van der Waals surface area contributed by atoms with Gasteiger partial charge in [-0.05, 0) is 12.1 Å². The Bertz CT molecular complexity index is 916. The molecule has 0 aliphatic carbocycles. The number of hydrazone groups is 1. The molecule has 9 N–H and O–H groups in total. The van der Waals surface area contributed by atoms with Crippen molar-refractivity contribution in [3.8, 4) is 34.5 Å². The SMILES string of the molecule is Cl.N/C(=N\N=Cc1cc(O)c(O)cc1O)NN=Cc1cc(O)c(O)cc1O. The van der Waals surface area contributed by atoms with E-state index in [9.17, 15) is 30.6 Å². The lowest BCUT2D eigenvalue weighted by molar-refractivity contribution is 0.396. The number of aromatic hydroxyl groups is 6. The van der Waals surface area contributed by atoms with Gasteiger partial charge in [0, 0.05) is 23.3 Å². The van der Waals surface area contributed by atoms with Crippen molar-refractivity contribution in [3.63, 3.8) is 0 Å². The Morgan fingerprint density at radius 1 is 0.741 bits per heavy atom. The van der Waals surface area contributed by atoms with Crippen LogP contribution in [0.15, 0.2) is 39.6 Å². The molecule has 12 heteroatoms. The third kappa shape index (κ3) is 5.57. The molecule has 144 valence electrons. The van der Waals surface area contributed by atoms with Gasteiger partial charge in [-0.15, -0.1) is 17.5 Å². The average Bonchev–Trinajstić information content (AvgIpc) is 2.57. The van der Waals surface area contributed by atoms with E-state index in [2.05, 4.69) is 20.7 Å². The molecule has 0 heterocycles. The Hall–Kier alpha value is -3.86. The van der Waals surface area contributed by atoms with Crippen molar-refractivity contribution in [1.82, 2.24) is 5.43 Å². The molecule has 0 atom stereocenters. The van der Waals surface area contributed by atoms with Gasteiger partial charge in [0.2, 0.25) is 5.96 Å². The fourth-order valence-corrected chi connectivity index (χ4v) is 1.71. The third-order valence-electron chi connectivity index (χ3n) is 2.99. The van der Waals surface area contributed by atoms with Crippen LogP contribution in [0.2, 0.25) is 0 Å². The van der Waals surface area contributed by atoms with Crippen LogP contribution in [0.3, 0.4) is 0 Å². The van der Waals surface area contributed by atoms with Gasteiger partial charge in [0.05, 0.1) is 12.4 Å². The Morgan fingerprint density at radius 2 is 1.19 bits per heavy atom. The largest absolute Gasteiger partial charge is 0.507 e. The second-order valence-corrected chi connectivity index (χ2v) is 4.90. The lowest BCUT2D eigenvalue weighted by atomic mass is 10.2. The van der Waals surface area contributed by atoms with Gasteiger partial charge in [0.25, 0.3) is 0 Å². The first-order valence-electron chi connectivity index (χ1n) is 6.93. The molecule has 0 saturated carbocycles. The van der Waals surface area contributed by atoms with Crippen LogP contribution >= 0.6 is 12.4 Å². The number of nitrogens with zero attached hydrogens (tertiary/aromatic N) is 3. The highest BCUT2D eigenvalue weighted by molar-refractivity contribution is 5.88. The number of phenols is 6. The van der Waals surface area contributed by atoms with E-state index in [1.165, 1.54) is 0 Å². The number of hydrogen-bond acceptors (Lipinski definition) is 9. The van der Waals surface area contributed by atoms with Gasteiger partial charge in [-0.25, -0.2) is 5.43 Å². The molecule has 0 radical (unpaired) electrons. The summed E-state index contributed by atoms with van der Waals surface area (Å²) in [6.07, 6.45) is 2.20. The van der Waals surface area contributed by atoms with Gasteiger partial charge in [-0.3, -0.25) is 0 Å². The van der Waals surface area contributed by atoms with Crippen LogP contribution in [0.25, 0.3) is 0 Å². The summed E-state index contributed by atoms with van der Waals surface area (Å²) in [7, 11) is 0. The summed E-state index contributed by atoms with van der Waals surface area (Å²) in [5.74, 6) is -2.74. The maximum Gasteiger partial charge on any atom is 0.234 e. The molecule has 2 aromatic carbocycles. The predicted molar refractivity (Wildman–Crippen MR) is 100 cm³/mol. The first-order chi connectivity index (χ1) is 12.3. The maximum atomic E-state index is 9.58. The summed E-state index contributed by atoms with van der Waals surface area (Å²) >= 11 is 0. The lowest BCUT2D eigenvalue weighted by Crippen LogP contribution is -2.26. The van der Waals surface area contributed by atoms with Crippen molar-refractivity contribution < 1.29 is 30.6 Å². The minimum absolute atomic E-state index is 0. The summed E-state index contributed by atoms with van der Waals surface area (Å²) in [6.45, 7) is 0. The van der Waals surface area contributed by atoms with E-state index in [1.54, 1.807) is 0 Å². The van der Waals surface area contributed by atoms with Crippen LogP contribution in [0, 0.1) is 0 Å². The highest BCUT2D eigenvalue weighted by Crippen LogP contribution is 2.31. The Kier molecular flexibility index (Phi) is 7.07. The van der Waals surface area contributed by atoms with Crippen LogP contribution in [0.1, 0.15) is 11.1 Å². The minimum Gasteiger partial charge on any atom is -0.507 e. The fraction of sp³-hybridized carbons (Fsp3) is 0. The van der Waals surface area contributed by atoms with Crippen molar-refractivity contribution >= 4 is 30.8 Å². The monoisotopic (exact) mass is 397 g/mol. The van der Waals surface area contributed by atoms with Gasteiger partial charge in [-0.2, -0.15) is 10.2 Å². The van der Waals surface area contributed by atoms with Crippen molar-refractivity contribution in [2.45, 2.75) is 0 Å². The zero-order chi connectivity index (χ0) is 19.3. The maximum absolute atomic E-state index is 9.58. The molecule has 0 fully saturated rings. The number of benzene rings is 2. The number of phenolic OH excluding ortho intramolecular Hbond substituents is 6. The molecule has 2 aromatic rings. The molecule has 0 saturated heterocycles. The number of nitrogens with one attached hydrogen (secondary N) is 1. The third-order valence-corrected chi connectivity index (χ3v) is 2.99. The number of hydrogen-bond donors (Lipinski definition) is 8. The van der Waals surface area contributed by atoms with E-state index in [1.807, 2.05) is 0 Å². The molecular formula is C15H16ClN5O6. The summed E-state index contributed by atoms with van der Waals surface area (Å²) in [5, 5.41) is 67.0. The van der Waals surface area contributed by atoms with E-state index >= 15 is 0 Å². The van der Waals surface area contributed by atoms with Crippen LogP contribution in [-0.4, -0.2) is 49.0 Å². The number of nitrogens with two attached hydrogens (primary N) is 1. The van der Waals surface area contributed by atoms with Gasteiger partial charge < -0.3 is 36.4 Å². The first kappa shape index (κ1) is 21.2. The van der Waals surface area contributed by atoms with Crippen molar-refractivity contribution in [1.29, 1.82) is 0 Å². The topological polar surface area (TPSA) is 197 Å². The molecule has 0 unspecified atom stereocenters. The molecular weight excluding hydrogens is 382 g/mol. The highest BCUT2D eigenvalue weighted by atomic mass is 35.5. The van der Waals surface area contributed by atoms with E-state index < -0.39 is 23.0 Å². The molecule has 2 rings (SSSR count). The molecule has 11 nitrogen and oxygen atoms in total. The Morgan fingerprint density at radius 3 is 1.70 bits per heavy atom. The van der Waals surface area contributed by atoms with Crippen LogP contribution in [0.5, 0.6) is 34.5 Å². The second kappa shape index (κ2) is 9.01. The van der Waals surface area contributed by atoms with Crippen LogP contribution in [0.4, 0.5) is 0 Å². The smallest absolute Gasteiger partial charge is 0.234 e. The molecule has 0 aliphatic rings. The summed E-state index contributed by atoms with van der Waals surface area (Å²) in [4.78, 5) is 0. The zero-order valence-corrected chi connectivity index (χ0v) is 14.3. The Balaban J connectivity index is 0.00000364. The molecule has 0 spiro atoms. The van der Waals surface area contributed by atoms with E-state index in [-0.39, 0.29) is 41.0 Å². The molecule has 0 amide bonds. The second-order valence-electron chi connectivity index (χ2n) is 4.90. The van der Waals surface area contributed by atoms with Gasteiger partial charge >= 0.3 is 0 Å². The molecule has 0 aliphatic heterocycles. The summed E-state index contributed by atoms with van der Waals surface area (Å²) in [6, 6.07) is 4.04. The van der Waals surface area contributed by atoms with Crippen LogP contribution < -0.4 is 11.2 Å². The summed E-state index contributed by atoms with van der Waals surface area (Å²) in [5.41, 5.74) is 7.98. The van der Waals surface area contributed by atoms with E-state index in [0.29, 0.717) is 0 Å². The number of rotatable bonds is 4. The Labute approximate surface area is 158 Å². The number of guanidine groups is 1. The van der Waals surface area contributed by atoms with Crippen molar-refractivity contribution in [2.24, 2.45) is 21.0 Å². The average molecular weight is 398 g/mol. The lowest BCUT2D eigenvalue weighted by Gasteiger charge is -2.02. The first-order valence-corrected chi connectivity index (χ1v) is 6.93. The van der Waals surface area contributed by atoms with E-state index in [0.717, 1.165) is 36.7 Å². The van der Waals surface area contributed by atoms with Gasteiger partial charge in [-0.1, -0.05) is 0 Å².